The summed E-state index contributed by atoms with van der Waals surface area (Å²) >= 11 is 0. The SMILES string of the molecule is COc1nc(C(C)C)nc(C2CC2)c1F. The lowest BCUT2D eigenvalue weighted by molar-refractivity contribution is 0.360. The Morgan fingerprint density at radius 3 is 2.47 bits per heavy atom. The maximum Gasteiger partial charge on any atom is 0.253 e. The fraction of sp³-hybridized carbons (Fsp3) is 0.636. The van der Waals surface area contributed by atoms with Crippen molar-refractivity contribution in [2.45, 2.75) is 38.5 Å². The van der Waals surface area contributed by atoms with E-state index in [1.165, 1.54) is 7.11 Å². The van der Waals surface area contributed by atoms with Crippen LogP contribution in [0.15, 0.2) is 0 Å². The Morgan fingerprint density at radius 1 is 1.33 bits per heavy atom. The predicted molar refractivity (Wildman–Crippen MR) is 54.6 cm³/mol. The van der Waals surface area contributed by atoms with E-state index in [9.17, 15) is 4.39 Å². The second-order valence-electron chi connectivity index (χ2n) is 4.22. The van der Waals surface area contributed by atoms with Crippen molar-refractivity contribution >= 4 is 0 Å². The molecule has 4 heteroatoms. The summed E-state index contributed by atoms with van der Waals surface area (Å²) < 4.78 is 18.7. The molecule has 1 aliphatic carbocycles. The van der Waals surface area contributed by atoms with Gasteiger partial charge in [-0.05, 0) is 12.8 Å². The van der Waals surface area contributed by atoms with Crippen LogP contribution in [-0.4, -0.2) is 17.1 Å². The van der Waals surface area contributed by atoms with E-state index in [0.29, 0.717) is 11.5 Å². The second-order valence-corrected chi connectivity index (χ2v) is 4.22. The summed E-state index contributed by atoms with van der Waals surface area (Å²) in [6, 6.07) is 0. The van der Waals surface area contributed by atoms with Gasteiger partial charge in [0.1, 0.15) is 5.82 Å². The monoisotopic (exact) mass is 210 g/mol. The van der Waals surface area contributed by atoms with Crippen LogP contribution in [0, 0.1) is 5.82 Å². The van der Waals surface area contributed by atoms with Crippen molar-refractivity contribution in [2.24, 2.45) is 0 Å². The van der Waals surface area contributed by atoms with Gasteiger partial charge in [0.05, 0.1) is 12.8 Å². The number of rotatable bonds is 3. The van der Waals surface area contributed by atoms with Gasteiger partial charge in [-0.1, -0.05) is 13.8 Å². The first kappa shape index (κ1) is 10.3. The van der Waals surface area contributed by atoms with Crippen LogP contribution in [0.3, 0.4) is 0 Å². The summed E-state index contributed by atoms with van der Waals surface area (Å²) in [4.78, 5) is 8.33. The number of aromatic nitrogens is 2. The van der Waals surface area contributed by atoms with Crippen molar-refractivity contribution in [1.29, 1.82) is 0 Å². The van der Waals surface area contributed by atoms with Crippen LogP contribution < -0.4 is 4.74 Å². The van der Waals surface area contributed by atoms with Gasteiger partial charge < -0.3 is 4.74 Å². The maximum atomic E-state index is 13.8. The van der Waals surface area contributed by atoms with Crippen LogP contribution in [0.1, 0.15) is 50.0 Å². The lowest BCUT2D eigenvalue weighted by atomic mass is 10.2. The number of halogens is 1. The van der Waals surface area contributed by atoms with E-state index >= 15 is 0 Å². The van der Waals surface area contributed by atoms with Gasteiger partial charge >= 0.3 is 0 Å². The lowest BCUT2D eigenvalue weighted by Crippen LogP contribution is -2.06. The highest BCUT2D eigenvalue weighted by Crippen LogP contribution is 2.41. The molecule has 82 valence electrons. The smallest absolute Gasteiger partial charge is 0.253 e. The highest BCUT2D eigenvalue weighted by molar-refractivity contribution is 5.26. The molecule has 1 heterocycles. The zero-order valence-electron chi connectivity index (χ0n) is 9.25. The molecule has 1 saturated carbocycles. The van der Waals surface area contributed by atoms with E-state index in [0.717, 1.165) is 12.8 Å². The molecule has 0 bridgehead atoms. The van der Waals surface area contributed by atoms with Gasteiger partial charge in [-0.25, -0.2) is 4.98 Å². The van der Waals surface area contributed by atoms with E-state index in [-0.39, 0.29) is 23.5 Å². The van der Waals surface area contributed by atoms with Gasteiger partial charge in [0.2, 0.25) is 5.82 Å². The average molecular weight is 210 g/mol. The highest BCUT2D eigenvalue weighted by Gasteiger charge is 2.31. The molecule has 1 aromatic heterocycles. The van der Waals surface area contributed by atoms with Crippen molar-refractivity contribution in [1.82, 2.24) is 9.97 Å². The number of ether oxygens (including phenoxy) is 1. The minimum absolute atomic E-state index is 0.0793. The lowest BCUT2D eigenvalue weighted by Gasteiger charge is -2.10. The summed E-state index contributed by atoms with van der Waals surface area (Å²) in [5.74, 6) is 0.826. The Hall–Kier alpha value is -1.19. The zero-order chi connectivity index (χ0) is 11.0. The molecule has 0 aromatic carbocycles. The molecule has 0 atom stereocenters. The molecule has 1 fully saturated rings. The van der Waals surface area contributed by atoms with Crippen LogP contribution in [0.25, 0.3) is 0 Å². The summed E-state index contributed by atoms with van der Waals surface area (Å²) in [7, 11) is 1.44. The van der Waals surface area contributed by atoms with Gasteiger partial charge in [-0.15, -0.1) is 0 Å². The molecule has 2 rings (SSSR count). The molecule has 0 saturated heterocycles. The van der Waals surface area contributed by atoms with Crippen LogP contribution >= 0.6 is 0 Å². The number of hydrogen-bond donors (Lipinski definition) is 0. The number of hydrogen-bond acceptors (Lipinski definition) is 3. The molecule has 15 heavy (non-hydrogen) atoms. The van der Waals surface area contributed by atoms with E-state index in [1.807, 2.05) is 13.8 Å². The van der Waals surface area contributed by atoms with Gasteiger partial charge in [0, 0.05) is 11.8 Å². The third kappa shape index (κ3) is 1.94. The van der Waals surface area contributed by atoms with E-state index in [1.54, 1.807) is 0 Å². The van der Waals surface area contributed by atoms with Crippen LogP contribution in [0.5, 0.6) is 5.88 Å². The second kappa shape index (κ2) is 3.76. The Balaban J connectivity index is 2.47. The van der Waals surface area contributed by atoms with Crippen molar-refractivity contribution in [3.05, 3.63) is 17.3 Å². The Labute approximate surface area is 88.7 Å². The molecule has 0 spiro atoms. The predicted octanol–water partition coefficient (Wildman–Crippen LogP) is 2.63. The number of nitrogens with zero attached hydrogens (tertiary/aromatic N) is 2. The quantitative estimate of drug-likeness (QED) is 0.769. The van der Waals surface area contributed by atoms with Crippen LogP contribution in [0.4, 0.5) is 4.39 Å². The largest absolute Gasteiger partial charge is 0.479 e. The highest BCUT2D eigenvalue weighted by atomic mass is 19.1. The average Bonchev–Trinajstić information content (AvgIpc) is 3.01. The molecule has 0 amide bonds. The summed E-state index contributed by atoms with van der Waals surface area (Å²) in [5, 5.41) is 0. The Kier molecular flexibility index (Phi) is 2.59. The van der Waals surface area contributed by atoms with Gasteiger partial charge in [0.15, 0.2) is 0 Å². The molecule has 1 aliphatic rings. The first-order chi connectivity index (χ1) is 7.13. The summed E-state index contributed by atoms with van der Waals surface area (Å²) in [6.07, 6.45) is 2.04. The molecule has 0 unspecified atom stereocenters. The maximum absolute atomic E-state index is 13.8. The topological polar surface area (TPSA) is 35.0 Å². The standard InChI is InChI=1S/C11H15FN2O/c1-6(2)10-13-9(7-4-5-7)8(12)11(14-10)15-3/h6-7H,4-5H2,1-3H3. The summed E-state index contributed by atoms with van der Waals surface area (Å²) in [6.45, 7) is 3.98. The zero-order valence-corrected chi connectivity index (χ0v) is 9.25. The third-order valence-electron chi connectivity index (χ3n) is 2.54. The number of methoxy groups -OCH3 is 1. The fourth-order valence-electron chi connectivity index (χ4n) is 1.48. The van der Waals surface area contributed by atoms with E-state index in [4.69, 9.17) is 4.74 Å². The Bertz CT molecular complexity index is 375. The first-order valence-electron chi connectivity index (χ1n) is 5.24. The first-order valence-corrected chi connectivity index (χ1v) is 5.24. The van der Waals surface area contributed by atoms with Crippen molar-refractivity contribution in [3.8, 4) is 5.88 Å². The van der Waals surface area contributed by atoms with Gasteiger partial charge in [-0.3, -0.25) is 0 Å². The molecule has 0 aliphatic heterocycles. The van der Waals surface area contributed by atoms with Crippen LogP contribution in [0.2, 0.25) is 0 Å². The van der Waals surface area contributed by atoms with Crippen molar-refractivity contribution in [2.75, 3.05) is 7.11 Å². The van der Waals surface area contributed by atoms with Crippen molar-refractivity contribution in [3.63, 3.8) is 0 Å². The van der Waals surface area contributed by atoms with Crippen molar-refractivity contribution < 1.29 is 9.13 Å². The Morgan fingerprint density at radius 2 is 2.00 bits per heavy atom. The minimum Gasteiger partial charge on any atom is -0.479 e. The van der Waals surface area contributed by atoms with Crippen LogP contribution in [-0.2, 0) is 0 Å². The van der Waals surface area contributed by atoms with E-state index in [2.05, 4.69) is 9.97 Å². The molecule has 0 N–H and O–H groups in total. The fourth-order valence-corrected chi connectivity index (χ4v) is 1.48. The van der Waals surface area contributed by atoms with Gasteiger partial charge in [-0.2, -0.15) is 9.37 Å². The van der Waals surface area contributed by atoms with Gasteiger partial charge in [0.25, 0.3) is 5.88 Å². The third-order valence-corrected chi connectivity index (χ3v) is 2.54. The molecular weight excluding hydrogens is 195 g/mol. The van der Waals surface area contributed by atoms with E-state index < -0.39 is 0 Å². The molecule has 0 radical (unpaired) electrons. The minimum atomic E-state index is -0.385. The normalized spacial score (nSPS) is 15.8. The molecule has 1 aromatic rings. The molecule has 3 nitrogen and oxygen atoms in total. The molecular formula is C11H15FN2O. The summed E-state index contributed by atoms with van der Waals surface area (Å²) in [5.41, 5.74) is 0.533.